The lowest BCUT2D eigenvalue weighted by Gasteiger charge is -1.95. The quantitative estimate of drug-likeness (QED) is 0.746. The second-order valence-electron chi connectivity index (χ2n) is 3.78. The van der Waals surface area contributed by atoms with Crippen LogP contribution in [0.4, 0.5) is 0 Å². The van der Waals surface area contributed by atoms with Crippen molar-refractivity contribution in [3.05, 3.63) is 41.3 Å². The van der Waals surface area contributed by atoms with Gasteiger partial charge in [-0.15, -0.1) is 0 Å². The number of rotatable bonds is 2. The molecule has 0 atom stereocenters. The molecular formula is C13H13NO3. The molecule has 0 spiro atoms. The van der Waals surface area contributed by atoms with Crippen LogP contribution in [-0.2, 0) is 4.74 Å². The predicted molar refractivity (Wildman–Crippen MR) is 62.8 cm³/mol. The number of hydrogen-bond donors (Lipinski definition) is 0. The van der Waals surface area contributed by atoms with Crippen LogP contribution in [0, 0.1) is 13.8 Å². The number of oxazole rings is 1. The summed E-state index contributed by atoms with van der Waals surface area (Å²) in [6.45, 7) is 3.70. The number of esters is 1. The van der Waals surface area contributed by atoms with Crippen LogP contribution < -0.4 is 0 Å². The summed E-state index contributed by atoms with van der Waals surface area (Å²) in [5.74, 6) is 0.417. The average molecular weight is 231 g/mol. The smallest absolute Gasteiger partial charge is 0.360 e. The Kier molecular flexibility index (Phi) is 2.95. The van der Waals surface area contributed by atoms with Crippen LogP contribution in [0.5, 0.6) is 0 Å². The Bertz CT molecular complexity index is 540. The molecule has 0 saturated heterocycles. The molecule has 0 unspecified atom stereocenters. The molecule has 0 radical (unpaired) electrons. The van der Waals surface area contributed by atoms with Crippen molar-refractivity contribution in [3.8, 4) is 11.5 Å². The van der Waals surface area contributed by atoms with Gasteiger partial charge in [-0.3, -0.25) is 0 Å². The van der Waals surface area contributed by atoms with Gasteiger partial charge in [-0.1, -0.05) is 17.7 Å². The van der Waals surface area contributed by atoms with E-state index in [1.165, 1.54) is 7.11 Å². The maximum absolute atomic E-state index is 11.4. The van der Waals surface area contributed by atoms with E-state index in [9.17, 15) is 4.79 Å². The van der Waals surface area contributed by atoms with Crippen molar-refractivity contribution < 1.29 is 13.9 Å². The molecular weight excluding hydrogens is 218 g/mol. The topological polar surface area (TPSA) is 52.3 Å². The van der Waals surface area contributed by atoms with E-state index in [0.29, 0.717) is 11.7 Å². The molecule has 2 aromatic rings. The minimum Gasteiger partial charge on any atom is -0.464 e. The first-order valence-electron chi connectivity index (χ1n) is 5.24. The molecule has 1 heterocycles. The minimum atomic E-state index is -0.482. The summed E-state index contributed by atoms with van der Waals surface area (Å²) >= 11 is 0. The molecule has 17 heavy (non-hydrogen) atoms. The number of hydrogen-bond acceptors (Lipinski definition) is 4. The van der Waals surface area contributed by atoms with Gasteiger partial charge in [0.15, 0.2) is 5.69 Å². The monoisotopic (exact) mass is 231 g/mol. The molecule has 4 nitrogen and oxygen atoms in total. The summed E-state index contributed by atoms with van der Waals surface area (Å²) in [6, 6.07) is 7.74. The Morgan fingerprint density at radius 3 is 2.47 bits per heavy atom. The average Bonchev–Trinajstić information content (AvgIpc) is 2.71. The SMILES string of the molecule is COC(=O)c1nc(-c2ccc(C)cc2)oc1C. The molecule has 0 amide bonds. The maximum Gasteiger partial charge on any atom is 0.360 e. The van der Waals surface area contributed by atoms with Gasteiger partial charge in [0.05, 0.1) is 7.11 Å². The number of carbonyl (C=O) groups is 1. The first-order chi connectivity index (χ1) is 8.11. The zero-order valence-electron chi connectivity index (χ0n) is 9.98. The third-order valence-corrected chi connectivity index (χ3v) is 2.47. The minimum absolute atomic E-state index is 0.225. The van der Waals surface area contributed by atoms with Gasteiger partial charge in [-0.05, 0) is 26.0 Å². The predicted octanol–water partition coefficient (Wildman–Crippen LogP) is 2.75. The molecule has 0 saturated carbocycles. The molecule has 0 fully saturated rings. The normalized spacial score (nSPS) is 10.3. The Morgan fingerprint density at radius 1 is 1.24 bits per heavy atom. The van der Waals surface area contributed by atoms with Gasteiger partial charge in [-0.25, -0.2) is 9.78 Å². The fourth-order valence-corrected chi connectivity index (χ4v) is 1.50. The lowest BCUT2D eigenvalue weighted by atomic mass is 10.1. The Balaban J connectivity index is 2.41. The standard InChI is InChI=1S/C13H13NO3/c1-8-4-6-10(7-5-8)12-14-11(9(2)17-12)13(15)16-3/h4-7H,1-3H3. The van der Waals surface area contributed by atoms with E-state index in [1.807, 2.05) is 31.2 Å². The number of methoxy groups -OCH3 is 1. The van der Waals surface area contributed by atoms with E-state index in [1.54, 1.807) is 6.92 Å². The first-order valence-corrected chi connectivity index (χ1v) is 5.24. The summed E-state index contributed by atoms with van der Waals surface area (Å²) in [4.78, 5) is 15.5. The molecule has 1 aromatic carbocycles. The molecule has 88 valence electrons. The molecule has 0 aliphatic carbocycles. The number of carbonyl (C=O) groups excluding carboxylic acids is 1. The van der Waals surface area contributed by atoms with Crippen LogP contribution in [0.3, 0.4) is 0 Å². The Hall–Kier alpha value is -2.10. The largest absolute Gasteiger partial charge is 0.464 e. The van der Waals surface area contributed by atoms with Gasteiger partial charge in [0, 0.05) is 5.56 Å². The highest BCUT2D eigenvalue weighted by Gasteiger charge is 2.18. The van der Waals surface area contributed by atoms with E-state index < -0.39 is 5.97 Å². The van der Waals surface area contributed by atoms with Crippen LogP contribution in [0.1, 0.15) is 21.8 Å². The summed E-state index contributed by atoms with van der Waals surface area (Å²) in [7, 11) is 1.32. The van der Waals surface area contributed by atoms with E-state index >= 15 is 0 Å². The van der Waals surface area contributed by atoms with Gasteiger partial charge in [0.2, 0.25) is 5.89 Å². The molecule has 1 aromatic heterocycles. The van der Waals surface area contributed by atoms with E-state index in [4.69, 9.17) is 4.42 Å². The number of ether oxygens (including phenoxy) is 1. The van der Waals surface area contributed by atoms with Gasteiger partial charge in [0.1, 0.15) is 5.76 Å². The van der Waals surface area contributed by atoms with E-state index in [-0.39, 0.29) is 5.69 Å². The van der Waals surface area contributed by atoms with Crippen molar-refractivity contribution in [2.24, 2.45) is 0 Å². The third kappa shape index (κ3) is 2.20. The van der Waals surface area contributed by atoms with Gasteiger partial charge < -0.3 is 9.15 Å². The third-order valence-electron chi connectivity index (χ3n) is 2.47. The van der Waals surface area contributed by atoms with Crippen LogP contribution in [-0.4, -0.2) is 18.1 Å². The van der Waals surface area contributed by atoms with E-state index in [2.05, 4.69) is 9.72 Å². The summed E-state index contributed by atoms with van der Waals surface area (Å²) in [6.07, 6.45) is 0. The Morgan fingerprint density at radius 2 is 1.88 bits per heavy atom. The van der Waals surface area contributed by atoms with Gasteiger partial charge in [-0.2, -0.15) is 0 Å². The lowest BCUT2D eigenvalue weighted by molar-refractivity contribution is 0.0593. The Labute approximate surface area is 99.2 Å². The number of aromatic nitrogens is 1. The highest BCUT2D eigenvalue weighted by molar-refractivity contribution is 5.88. The second kappa shape index (κ2) is 4.41. The van der Waals surface area contributed by atoms with Crippen molar-refractivity contribution in [1.29, 1.82) is 0 Å². The van der Waals surface area contributed by atoms with Gasteiger partial charge in [0.25, 0.3) is 0 Å². The zero-order valence-corrected chi connectivity index (χ0v) is 9.98. The number of aryl methyl sites for hydroxylation is 2. The molecule has 2 rings (SSSR count). The zero-order chi connectivity index (χ0) is 12.4. The number of nitrogens with zero attached hydrogens (tertiary/aromatic N) is 1. The van der Waals surface area contributed by atoms with E-state index in [0.717, 1.165) is 11.1 Å². The van der Waals surface area contributed by atoms with Gasteiger partial charge >= 0.3 is 5.97 Å². The maximum atomic E-state index is 11.4. The highest BCUT2D eigenvalue weighted by atomic mass is 16.5. The van der Waals surface area contributed by atoms with Crippen molar-refractivity contribution >= 4 is 5.97 Å². The second-order valence-corrected chi connectivity index (χ2v) is 3.78. The van der Waals surface area contributed by atoms with Crippen LogP contribution in [0.2, 0.25) is 0 Å². The summed E-state index contributed by atoms with van der Waals surface area (Å²) < 4.78 is 10.1. The molecule has 4 heteroatoms. The van der Waals surface area contributed by atoms with Crippen molar-refractivity contribution in [2.75, 3.05) is 7.11 Å². The van der Waals surface area contributed by atoms with Crippen molar-refractivity contribution in [3.63, 3.8) is 0 Å². The fourth-order valence-electron chi connectivity index (χ4n) is 1.50. The molecule has 0 aliphatic heterocycles. The summed E-state index contributed by atoms with van der Waals surface area (Å²) in [5, 5.41) is 0. The number of benzene rings is 1. The first kappa shape index (κ1) is 11.4. The van der Waals surface area contributed by atoms with Crippen LogP contribution in [0.25, 0.3) is 11.5 Å². The molecule has 0 aliphatic rings. The molecule has 0 bridgehead atoms. The molecule has 0 N–H and O–H groups in total. The van der Waals surface area contributed by atoms with Crippen molar-refractivity contribution in [2.45, 2.75) is 13.8 Å². The highest BCUT2D eigenvalue weighted by Crippen LogP contribution is 2.22. The van der Waals surface area contributed by atoms with Crippen molar-refractivity contribution in [1.82, 2.24) is 4.98 Å². The van der Waals surface area contributed by atoms with Crippen LogP contribution in [0.15, 0.2) is 28.7 Å². The lowest BCUT2D eigenvalue weighted by Crippen LogP contribution is -2.03. The fraction of sp³-hybridized carbons (Fsp3) is 0.231. The van der Waals surface area contributed by atoms with Crippen LogP contribution >= 0.6 is 0 Å². The summed E-state index contributed by atoms with van der Waals surface area (Å²) in [5.41, 5.74) is 2.22.